The normalized spacial score (nSPS) is 18.5. The quantitative estimate of drug-likeness (QED) is 0.747. The Morgan fingerprint density at radius 1 is 0.885 bits per heavy atom. The molecule has 26 heavy (non-hydrogen) atoms. The summed E-state index contributed by atoms with van der Waals surface area (Å²) in [6.07, 6.45) is 2.33. The fraction of sp³-hybridized carbons (Fsp3) is 0.478. The number of benzene rings is 2. The number of nitrogens with one attached hydrogen (secondary N) is 1. The van der Waals surface area contributed by atoms with Crippen LogP contribution in [0.25, 0.3) is 0 Å². The van der Waals surface area contributed by atoms with Crippen molar-refractivity contribution in [1.82, 2.24) is 9.62 Å². The van der Waals surface area contributed by atoms with Crippen molar-refractivity contribution in [2.75, 3.05) is 13.1 Å². The molecule has 0 saturated heterocycles. The molecule has 0 aromatic heterocycles. The van der Waals surface area contributed by atoms with Crippen molar-refractivity contribution in [1.29, 1.82) is 0 Å². The number of rotatable bonds is 4. The lowest BCUT2D eigenvalue weighted by Gasteiger charge is -2.31. The molecule has 0 saturated carbocycles. The zero-order chi connectivity index (χ0) is 18.1. The van der Waals surface area contributed by atoms with E-state index in [4.69, 9.17) is 0 Å². The molecule has 2 heterocycles. The minimum absolute atomic E-state index is 0.505. The maximum Gasteiger partial charge on any atom is 0.0416 e. The summed E-state index contributed by atoms with van der Waals surface area (Å²) in [5.74, 6) is 0.604. The smallest absolute Gasteiger partial charge is 0.0416 e. The topological polar surface area (TPSA) is 15.3 Å². The molecule has 1 unspecified atom stereocenters. The Morgan fingerprint density at radius 3 is 2.50 bits per heavy atom. The molecule has 3 heteroatoms. The molecule has 2 aliphatic rings. The van der Waals surface area contributed by atoms with Crippen molar-refractivity contribution < 1.29 is 0 Å². The lowest BCUT2D eigenvalue weighted by molar-refractivity contribution is 0.441. The molecule has 2 aromatic rings. The molecule has 2 aromatic carbocycles. The lowest BCUT2D eigenvalue weighted by atomic mass is 9.94. The predicted molar refractivity (Wildman–Crippen MR) is 113 cm³/mol. The number of fused-ring (bicyclic) bond motifs is 2. The summed E-state index contributed by atoms with van der Waals surface area (Å²) in [7, 11) is 0. The predicted octanol–water partition coefficient (Wildman–Crippen LogP) is 5.22. The van der Waals surface area contributed by atoms with E-state index in [2.05, 4.69) is 66.8 Å². The van der Waals surface area contributed by atoms with E-state index >= 15 is 0 Å². The highest BCUT2D eigenvalue weighted by molar-refractivity contribution is 7.97. The van der Waals surface area contributed by atoms with Gasteiger partial charge in [-0.05, 0) is 65.6 Å². The molecule has 1 N–H and O–H groups in total. The molecule has 0 spiro atoms. The lowest BCUT2D eigenvalue weighted by Crippen LogP contribution is -2.26. The van der Waals surface area contributed by atoms with E-state index in [1.165, 1.54) is 28.7 Å². The zero-order valence-corrected chi connectivity index (χ0v) is 17.0. The summed E-state index contributed by atoms with van der Waals surface area (Å²) in [4.78, 5) is 0. The Hall–Kier alpha value is -1.29. The Kier molecular flexibility index (Phi) is 5.40. The van der Waals surface area contributed by atoms with Gasteiger partial charge in [0.15, 0.2) is 0 Å². The Balaban J connectivity index is 1.45. The fourth-order valence-corrected chi connectivity index (χ4v) is 5.16. The third-order valence-corrected chi connectivity index (χ3v) is 6.97. The van der Waals surface area contributed by atoms with E-state index in [1.807, 2.05) is 11.9 Å². The Morgan fingerprint density at radius 2 is 1.65 bits per heavy atom. The second-order valence-corrected chi connectivity index (χ2v) is 9.43. The van der Waals surface area contributed by atoms with Crippen molar-refractivity contribution in [3.05, 3.63) is 69.8 Å². The third-order valence-electron chi connectivity index (χ3n) is 5.77. The van der Waals surface area contributed by atoms with Gasteiger partial charge in [0.2, 0.25) is 0 Å². The Bertz CT molecular complexity index is 784. The molecule has 0 radical (unpaired) electrons. The minimum atomic E-state index is 0.505. The third kappa shape index (κ3) is 3.85. The molecule has 138 valence electrons. The molecule has 4 rings (SSSR count). The van der Waals surface area contributed by atoms with Gasteiger partial charge in [-0.15, -0.1) is 0 Å². The summed E-state index contributed by atoms with van der Waals surface area (Å²) < 4.78 is 2.57. The van der Waals surface area contributed by atoms with Gasteiger partial charge in [-0.3, -0.25) is 0 Å². The van der Waals surface area contributed by atoms with E-state index in [-0.39, 0.29) is 0 Å². The van der Waals surface area contributed by atoms with Crippen molar-refractivity contribution in [3.8, 4) is 0 Å². The second kappa shape index (κ2) is 7.75. The summed E-state index contributed by atoms with van der Waals surface area (Å²) >= 11 is 2.02. The number of hydrogen-bond donors (Lipinski definition) is 1. The van der Waals surface area contributed by atoms with Gasteiger partial charge < -0.3 is 5.32 Å². The van der Waals surface area contributed by atoms with E-state index in [1.54, 1.807) is 11.1 Å². The molecule has 0 aliphatic carbocycles. The highest BCUT2D eigenvalue weighted by Crippen LogP contribution is 2.36. The first-order chi connectivity index (χ1) is 12.6. The van der Waals surface area contributed by atoms with E-state index in [9.17, 15) is 0 Å². The van der Waals surface area contributed by atoms with Gasteiger partial charge >= 0.3 is 0 Å². The largest absolute Gasteiger partial charge is 0.312 e. The first kappa shape index (κ1) is 18.1. The molecule has 0 fully saturated rings. The van der Waals surface area contributed by atoms with Gasteiger partial charge in [-0.25, -0.2) is 4.31 Å². The zero-order valence-electron chi connectivity index (χ0n) is 16.2. The van der Waals surface area contributed by atoms with Crippen LogP contribution in [0.3, 0.4) is 0 Å². The summed E-state index contributed by atoms with van der Waals surface area (Å²) in [5, 5.41) is 3.97. The van der Waals surface area contributed by atoms with Crippen molar-refractivity contribution in [2.24, 2.45) is 0 Å². The maximum absolute atomic E-state index is 3.46. The molecular weight excluding hydrogens is 336 g/mol. The van der Waals surface area contributed by atoms with Gasteiger partial charge in [0, 0.05) is 24.9 Å². The first-order valence-electron chi connectivity index (χ1n) is 9.96. The van der Waals surface area contributed by atoms with Gasteiger partial charge in [-0.2, -0.15) is 0 Å². The summed E-state index contributed by atoms with van der Waals surface area (Å²) in [5.41, 5.74) is 9.02. The van der Waals surface area contributed by atoms with E-state index < -0.39 is 0 Å². The van der Waals surface area contributed by atoms with Gasteiger partial charge in [0.05, 0.1) is 0 Å². The minimum Gasteiger partial charge on any atom is -0.312 e. The van der Waals surface area contributed by atoms with Crippen molar-refractivity contribution in [3.63, 3.8) is 0 Å². The van der Waals surface area contributed by atoms with Crippen LogP contribution in [0.2, 0.25) is 0 Å². The van der Waals surface area contributed by atoms with Crippen LogP contribution in [-0.2, 0) is 25.9 Å². The first-order valence-corrected chi connectivity index (χ1v) is 10.8. The van der Waals surface area contributed by atoms with Crippen LogP contribution in [0.5, 0.6) is 0 Å². The molecule has 1 atom stereocenters. The monoisotopic (exact) mass is 366 g/mol. The van der Waals surface area contributed by atoms with Crippen molar-refractivity contribution in [2.45, 2.75) is 57.9 Å². The van der Waals surface area contributed by atoms with Crippen LogP contribution in [0, 0.1) is 0 Å². The molecule has 2 aliphatic heterocycles. The number of nitrogens with zero attached hydrogens (tertiary/aromatic N) is 1. The molecule has 0 bridgehead atoms. The molecular formula is C23H30N2S. The van der Waals surface area contributed by atoms with E-state index in [0.29, 0.717) is 11.2 Å². The fourth-order valence-electron chi connectivity index (χ4n) is 4.03. The van der Waals surface area contributed by atoms with Crippen LogP contribution in [0.15, 0.2) is 36.4 Å². The second-order valence-electron chi connectivity index (χ2n) is 8.00. The van der Waals surface area contributed by atoms with Gasteiger partial charge in [0.25, 0.3) is 0 Å². The van der Waals surface area contributed by atoms with Crippen LogP contribution in [0.4, 0.5) is 0 Å². The van der Waals surface area contributed by atoms with Crippen LogP contribution in [0.1, 0.15) is 65.3 Å². The van der Waals surface area contributed by atoms with Crippen LogP contribution < -0.4 is 5.32 Å². The molecule has 2 nitrogen and oxygen atoms in total. The highest BCUT2D eigenvalue weighted by atomic mass is 32.2. The Labute approximate surface area is 162 Å². The summed E-state index contributed by atoms with van der Waals surface area (Å²) in [6.45, 7) is 11.3. The SMILES string of the molecule is CC(C)c1ccc2c(c1)CN(SC(C)c1ccc3c(c1)CCNC3)CC2. The van der Waals surface area contributed by atoms with E-state index in [0.717, 1.165) is 32.6 Å². The highest BCUT2D eigenvalue weighted by Gasteiger charge is 2.21. The van der Waals surface area contributed by atoms with Gasteiger partial charge in [-0.1, -0.05) is 62.2 Å². The number of hydrogen-bond acceptors (Lipinski definition) is 3. The summed E-state index contributed by atoms with van der Waals surface area (Å²) in [6, 6.07) is 14.2. The van der Waals surface area contributed by atoms with Crippen LogP contribution in [-0.4, -0.2) is 17.4 Å². The van der Waals surface area contributed by atoms with Gasteiger partial charge in [0.1, 0.15) is 0 Å². The molecule has 0 amide bonds. The average molecular weight is 367 g/mol. The average Bonchev–Trinajstić information content (AvgIpc) is 2.67. The van der Waals surface area contributed by atoms with Crippen molar-refractivity contribution >= 4 is 11.9 Å². The van der Waals surface area contributed by atoms with Crippen LogP contribution >= 0.6 is 11.9 Å². The maximum atomic E-state index is 3.46. The standard InChI is InChI=1S/C23H30N2S/c1-16(2)19-5-4-18-9-11-25(15-23(18)12-19)26-17(3)20-6-7-22-14-24-10-8-21(22)13-20/h4-7,12-13,16-17,24H,8-11,14-15H2,1-3H3.